The summed E-state index contributed by atoms with van der Waals surface area (Å²) in [7, 11) is 0. The number of hydrogen-bond donors (Lipinski definition) is 1. The molecule has 1 aliphatic rings. The summed E-state index contributed by atoms with van der Waals surface area (Å²) in [5.74, 6) is -1.53. The van der Waals surface area contributed by atoms with E-state index in [1.807, 2.05) is 0 Å². The van der Waals surface area contributed by atoms with Crippen LogP contribution < -0.4 is 10.5 Å². The van der Waals surface area contributed by atoms with Gasteiger partial charge in [0.2, 0.25) is 0 Å². The highest BCUT2D eigenvalue weighted by atomic mass is 35.5. The van der Waals surface area contributed by atoms with E-state index >= 15 is 0 Å². The van der Waals surface area contributed by atoms with Crippen LogP contribution in [0.1, 0.15) is 18.0 Å². The molecule has 7 nitrogen and oxygen atoms in total. The van der Waals surface area contributed by atoms with Crippen molar-refractivity contribution in [1.29, 1.82) is 0 Å². The maximum Gasteiger partial charge on any atom is 0.408 e. The minimum Gasteiger partial charge on any atom is -0.432 e. The third-order valence-corrected chi connectivity index (χ3v) is 5.86. The molecular formula is C22H20Cl2F6N6O. The number of nitrogens with zero attached hydrogens (tertiary/aromatic N) is 5. The summed E-state index contributed by atoms with van der Waals surface area (Å²) in [6, 6.07) is 5.56. The standard InChI is InChI=1S/C22H18F6N6O.2ClH/c23-14-7-11-1-3-15(30-16(11)8-17(14)35-21(24)25)20-32-31-18-4-2-12(9-34(18)20)19(22(26,27)28)33-6-5-13(29)10-33;;/h1-4,7-9,13,19,21H,5-6,10,29H2;2*1H/t13-,19+;;/m0../s1. The Kier molecular flexibility index (Phi) is 8.42. The Morgan fingerprint density at radius 1 is 1.05 bits per heavy atom. The summed E-state index contributed by atoms with van der Waals surface area (Å²) in [6.45, 7) is -2.90. The number of benzene rings is 1. The topological polar surface area (TPSA) is 81.6 Å². The fourth-order valence-electron chi connectivity index (χ4n) is 4.34. The molecule has 2 N–H and O–H groups in total. The van der Waals surface area contributed by atoms with Gasteiger partial charge in [0.25, 0.3) is 0 Å². The van der Waals surface area contributed by atoms with Gasteiger partial charge in [0.1, 0.15) is 11.7 Å². The lowest BCUT2D eigenvalue weighted by molar-refractivity contribution is -0.183. The average molecular weight is 569 g/mol. The third-order valence-electron chi connectivity index (χ3n) is 5.86. The van der Waals surface area contributed by atoms with Gasteiger partial charge in [0.15, 0.2) is 23.0 Å². The van der Waals surface area contributed by atoms with Gasteiger partial charge in [-0.15, -0.1) is 35.0 Å². The van der Waals surface area contributed by atoms with Crippen molar-refractivity contribution in [3.8, 4) is 17.3 Å². The highest BCUT2D eigenvalue weighted by molar-refractivity contribution is 5.85. The minimum absolute atomic E-state index is 0. The fourth-order valence-corrected chi connectivity index (χ4v) is 4.34. The second kappa shape index (κ2) is 10.9. The molecule has 2 atom stereocenters. The van der Waals surface area contributed by atoms with Crippen LogP contribution in [0.4, 0.5) is 26.3 Å². The number of hydrogen-bond acceptors (Lipinski definition) is 6. The van der Waals surface area contributed by atoms with Crippen molar-refractivity contribution in [3.05, 3.63) is 54.0 Å². The van der Waals surface area contributed by atoms with Gasteiger partial charge in [-0.2, -0.15) is 22.0 Å². The molecule has 0 radical (unpaired) electrons. The Labute approximate surface area is 218 Å². The van der Waals surface area contributed by atoms with Gasteiger partial charge in [0.05, 0.1) is 5.52 Å². The van der Waals surface area contributed by atoms with E-state index < -0.39 is 30.4 Å². The number of nitrogens with two attached hydrogens (primary N) is 1. The van der Waals surface area contributed by atoms with Crippen molar-refractivity contribution in [3.63, 3.8) is 0 Å². The Balaban J connectivity index is 0.00000190. The predicted octanol–water partition coefficient (Wildman–Crippen LogP) is 5.17. The van der Waals surface area contributed by atoms with Crippen molar-refractivity contribution in [1.82, 2.24) is 24.5 Å². The molecule has 4 heterocycles. The quantitative estimate of drug-likeness (QED) is 0.335. The summed E-state index contributed by atoms with van der Waals surface area (Å²) in [6.07, 6.45) is -2.78. The van der Waals surface area contributed by atoms with Crippen LogP contribution in [0.3, 0.4) is 0 Å². The summed E-state index contributed by atoms with van der Waals surface area (Å²) < 4.78 is 86.8. The van der Waals surface area contributed by atoms with Gasteiger partial charge >= 0.3 is 12.8 Å². The first kappa shape index (κ1) is 28.7. The van der Waals surface area contributed by atoms with Crippen molar-refractivity contribution >= 4 is 41.4 Å². The molecule has 0 saturated carbocycles. The first-order chi connectivity index (χ1) is 16.6. The van der Waals surface area contributed by atoms with Gasteiger partial charge in [0, 0.05) is 36.8 Å². The Bertz CT molecular complexity index is 1400. The van der Waals surface area contributed by atoms with E-state index in [9.17, 15) is 26.3 Å². The molecule has 0 unspecified atom stereocenters. The lowest BCUT2D eigenvalue weighted by Crippen LogP contribution is -2.38. The maximum absolute atomic E-state index is 14.0. The molecule has 3 aromatic heterocycles. The van der Waals surface area contributed by atoms with Gasteiger partial charge in [-0.1, -0.05) is 12.1 Å². The second-order valence-electron chi connectivity index (χ2n) is 8.25. The first-order valence-corrected chi connectivity index (χ1v) is 10.6. The number of rotatable bonds is 5. The number of likely N-dealkylation sites (tertiary alicyclic amines) is 1. The SMILES string of the molecule is Cl.Cl.N[C@H]1CCN([C@H](c2ccc3nnc(-c4ccc5cc(F)c(OC(F)F)cc5n4)n3c2)C(F)(F)F)C1. The summed E-state index contributed by atoms with van der Waals surface area (Å²) >= 11 is 0. The fraction of sp³-hybridized carbons (Fsp3) is 0.318. The number of alkyl halides is 5. The summed E-state index contributed by atoms with van der Waals surface area (Å²) in [5.41, 5.74) is 6.43. The Hall–Kier alpha value is -2.87. The van der Waals surface area contributed by atoms with Crippen LogP contribution in [-0.4, -0.2) is 56.4 Å². The smallest absolute Gasteiger partial charge is 0.408 e. The van der Waals surface area contributed by atoms with Crippen molar-refractivity contribution in [2.75, 3.05) is 13.1 Å². The molecule has 1 saturated heterocycles. The molecule has 0 amide bonds. The van der Waals surface area contributed by atoms with Crippen molar-refractivity contribution in [2.24, 2.45) is 5.73 Å². The lowest BCUT2D eigenvalue weighted by Gasteiger charge is -2.30. The Morgan fingerprint density at radius 2 is 1.81 bits per heavy atom. The normalized spacial score (nSPS) is 17.1. The zero-order valence-electron chi connectivity index (χ0n) is 18.7. The summed E-state index contributed by atoms with van der Waals surface area (Å²) in [4.78, 5) is 5.62. The molecule has 5 rings (SSSR count). The molecule has 1 fully saturated rings. The molecule has 0 spiro atoms. The van der Waals surface area contributed by atoms with Crippen LogP contribution in [0, 0.1) is 5.82 Å². The van der Waals surface area contributed by atoms with E-state index in [2.05, 4.69) is 19.9 Å². The maximum atomic E-state index is 14.0. The van der Waals surface area contributed by atoms with Crippen LogP contribution in [0.15, 0.2) is 42.6 Å². The lowest BCUT2D eigenvalue weighted by atomic mass is 10.1. The average Bonchev–Trinajstić information content (AvgIpc) is 3.39. The van der Waals surface area contributed by atoms with Gasteiger partial charge in [-0.05, 0) is 30.2 Å². The first-order valence-electron chi connectivity index (χ1n) is 10.6. The molecule has 0 bridgehead atoms. The van der Waals surface area contributed by atoms with Crippen LogP contribution in [0.2, 0.25) is 0 Å². The summed E-state index contributed by atoms with van der Waals surface area (Å²) in [5, 5.41) is 8.35. The molecule has 1 aliphatic heterocycles. The van der Waals surface area contributed by atoms with E-state index in [1.165, 1.54) is 39.8 Å². The molecule has 4 aromatic rings. The van der Waals surface area contributed by atoms with Crippen molar-refractivity contribution in [2.45, 2.75) is 31.3 Å². The second-order valence-corrected chi connectivity index (χ2v) is 8.25. The highest BCUT2D eigenvalue weighted by Gasteiger charge is 2.46. The van der Waals surface area contributed by atoms with E-state index in [1.54, 1.807) is 0 Å². The van der Waals surface area contributed by atoms with Crippen molar-refractivity contribution < 1.29 is 31.1 Å². The van der Waals surface area contributed by atoms with Gasteiger partial charge < -0.3 is 10.5 Å². The molecular weight excluding hydrogens is 549 g/mol. The molecule has 200 valence electrons. The van der Waals surface area contributed by atoms with E-state index in [-0.39, 0.29) is 72.2 Å². The highest BCUT2D eigenvalue weighted by Crippen LogP contribution is 2.39. The number of aromatic nitrogens is 4. The van der Waals surface area contributed by atoms with Crippen LogP contribution in [0.5, 0.6) is 5.75 Å². The van der Waals surface area contributed by atoms with Crippen LogP contribution in [-0.2, 0) is 0 Å². The number of pyridine rings is 2. The van der Waals surface area contributed by atoms with Gasteiger partial charge in [-0.25, -0.2) is 9.37 Å². The number of fused-ring (bicyclic) bond motifs is 2. The minimum atomic E-state index is -4.54. The molecule has 37 heavy (non-hydrogen) atoms. The van der Waals surface area contributed by atoms with E-state index in [4.69, 9.17) is 5.73 Å². The zero-order valence-corrected chi connectivity index (χ0v) is 20.3. The third kappa shape index (κ3) is 5.69. The van der Waals surface area contributed by atoms with Crippen LogP contribution in [0.25, 0.3) is 28.1 Å². The van der Waals surface area contributed by atoms with Crippen LogP contribution >= 0.6 is 24.8 Å². The van der Waals surface area contributed by atoms with Gasteiger partial charge in [-0.3, -0.25) is 9.30 Å². The monoisotopic (exact) mass is 568 g/mol. The molecule has 1 aromatic carbocycles. The van der Waals surface area contributed by atoms with E-state index in [0.717, 1.165) is 12.1 Å². The Morgan fingerprint density at radius 3 is 2.46 bits per heavy atom. The number of halogens is 8. The molecule has 0 aliphatic carbocycles. The molecule has 15 heteroatoms. The number of ether oxygens (including phenoxy) is 1. The zero-order chi connectivity index (χ0) is 24.9. The largest absolute Gasteiger partial charge is 0.432 e. The van der Waals surface area contributed by atoms with E-state index in [0.29, 0.717) is 11.8 Å². The predicted molar refractivity (Wildman–Crippen MR) is 128 cm³/mol.